The van der Waals surface area contributed by atoms with Crippen molar-refractivity contribution >= 4 is 15.9 Å². The second kappa shape index (κ2) is 4.97. The largest absolute Gasteiger partial charge is 0.416 e. The standard InChI is InChI=1S/C12H10BrF3N2O/c1-18-10(9(13)6-17-18)11(19)7-3-2-4-8(5-7)12(14,15)16/h2-6,11,19H,1H3. The summed E-state index contributed by atoms with van der Waals surface area (Å²) in [6.07, 6.45) is -4.13. The molecule has 0 radical (unpaired) electrons. The molecule has 102 valence electrons. The monoisotopic (exact) mass is 334 g/mol. The molecule has 2 rings (SSSR count). The average molecular weight is 335 g/mol. The number of benzene rings is 1. The first-order chi connectivity index (χ1) is 8.80. The summed E-state index contributed by atoms with van der Waals surface area (Å²) in [5, 5.41) is 14.1. The molecule has 0 spiro atoms. The van der Waals surface area contributed by atoms with Crippen LogP contribution >= 0.6 is 15.9 Å². The van der Waals surface area contributed by atoms with E-state index in [-0.39, 0.29) is 5.56 Å². The minimum absolute atomic E-state index is 0.166. The lowest BCUT2D eigenvalue weighted by Gasteiger charge is -2.14. The number of rotatable bonds is 2. The fourth-order valence-corrected chi connectivity index (χ4v) is 2.34. The Morgan fingerprint density at radius 2 is 2.05 bits per heavy atom. The number of aromatic nitrogens is 2. The smallest absolute Gasteiger partial charge is 0.382 e. The van der Waals surface area contributed by atoms with Gasteiger partial charge in [-0.2, -0.15) is 18.3 Å². The van der Waals surface area contributed by atoms with E-state index in [4.69, 9.17) is 0 Å². The fourth-order valence-electron chi connectivity index (χ4n) is 1.77. The maximum Gasteiger partial charge on any atom is 0.416 e. The van der Waals surface area contributed by atoms with Crippen molar-refractivity contribution in [1.29, 1.82) is 0 Å². The third-order valence-corrected chi connectivity index (χ3v) is 3.34. The molecule has 0 aliphatic rings. The van der Waals surface area contributed by atoms with Gasteiger partial charge in [-0.3, -0.25) is 4.68 Å². The molecule has 1 aromatic heterocycles. The highest BCUT2D eigenvalue weighted by molar-refractivity contribution is 9.10. The zero-order valence-electron chi connectivity index (χ0n) is 9.82. The highest BCUT2D eigenvalue weighted by Gasteiger charge is 2.31. The lowest BCUT2D eigenvalue weighted by molar-refractivity contribution is -0.137. The minimum Gasteiger partial charge on any atom is -0.382 e. The van der Waals surface area contributed by atoms with Crippen LogP contribution in [0.25, 0.3) is 0 Å². The maximum atomic E-state index is 12.6. The van der Waals surface area contributed by atoms with Gasteiger partial charge in [0, 0.05) is 7.05 Å². The van der Waals surface area contributed by atoms with E-state index in [9.17, 15) is 18.3 Å². The van der Waals surface area contributed by atoms with Gasteiger partial charge in [-0.05, 0) is 33.6 Å². The second-order valence-electron chi connectivity index (χ2n) is 4.03. The van der Waals surface area contributed by atoms with E-state index < -0.39 is 17.8 Å². The van der Waals surface area contributed by atoms with Crippen LogP contribution in [0.2, 0.25) is 0 Å². The van der Waals surface area contributed by atoms with E-state index in [2.05, 4.69) is 21.0 Å². The lowest BCUT2D eigenvalue weighted by atomic mass is 10.0. The van der Waals surface area contributed by atoms with Gasteiger partial charge in [-0.1, -0.05) is 12.1 Å². The number of alkyl halides is 3. The van der Waals surface area contributed by atoms with E-state index in [0.717, 1.165) is 12.1 Å². The molecule has 0 amide bonds. The Labute approximate surface area is 115 Å². The molecular weight excluding hydrogens is 325 g/mol. The summed E-state index contributed by atoms with van der Waals surface area (Å²) in [6.45, 7) is 0. The Balaban J connectivity index is 2.43. The Kier molecular flexibility index (Phi) is 3.69. The van der Waals surface area contributed by atoms with Gasteiger partial charge in [0.05, 0.1) is 21.9 Å². The zero-order chi connectivity index (χ0) is 14.2. The SMILES string of the molecule is Cn1ncc(Br)c1C(O)c1cccc(C(F)(F)F)c1. The lowest BCUT2D eigenvalue weighted by Crippen LogP contribution is -2.10. The van der Waals surface area contributed by atoms with Crippen LogP contribution in [0.1, 0.15) is 22.9 Å². The molecule has 0 saturated heterocycles. The summed E-state index contributed by atoms with van der Waals surface area (Å²) in [7, 11) is 1.61. The molecule has 1 aromatic carbocycles. The van der Waals surface area contributed by atoms with Crippen molar-refractivity contribution in [2.24, 2.45) is 7.05 Å². The second-order valence-corrected chi connectivity index (χ2v) is 4.88. The Morgan fingerprint density at radius 1 is 1.37 bits per heavy atom. The van der Waals surface area contributed by atoms with Gasteiger partial charge >= 0.3 is 6.18 Å². The summed E-state index contributed by atoms with van der Waals surface area (Å²) in [4.78, 5) is 0. The molecule has 1 heterocycles. The van der Waals surface area contributed by atoms with Crippen molar-refractivity contribution in [3.05, 3.63) is 51.8 Å². The minimum atomic E-state index is -4.43. The first kappa shape index (κ1) is 14.1. The fraction of sp³-hybridized carbons (Fsp3) is 0.250. The van der Waals surface area contributed by atoms with E-state index in [1.54, 1.807) is 7.05 Å². The number of aryl methyl sites for hydroxylation is 1. The van der Waals surface area contributed by atoms with Crippen molar-refractivity contribution in [2.75, 3.05) is 0 Å². The van der Waals surface area contributed by atoms with E-state index in [1.165, 1.54) is 23.0 Å². The van der Waals surface area contributed by atoms with Crippen molar-refractivity contribution < 1.29 is 18.3 Å². The van der Waals surface area contributed by atoms with Gasteiger partial charge in [0.1, 0.15) is 6.10 Å². The van der Waals surface area contributed by atoms with Crippen molar-refractivity contribution in [2.45, 2.75) is 12.3 Å². The van der Waals surface area contributed by atoms with E-state index >= 15 is 0 Å². The summed E-state index contributed by atoms with van der Waals surface area (Å²) >= 11 is 3.21. The number of nitrogens with zero attached hydrogens (tertiary/aromatic N) is 2. The zero-order valence-corrected chi connectivity index (χ0v) is 11.4. The van der Waals surface area contributed by atoms with Crippen LogP contribution in [0, 0.1) is 0 Å². The van der Waals surface area contributed by atoms with Crippen molar-refractivity contribution in [1.82, 2.24) is 9.78 Å². The van der Waals surface area contributed by atoms with Gasteiger partial charge in [-0.25, -0.2) is 0 Å². The molecule has 0 bridgehead atoms. The van der Waals surface area contributed by atoms with Crippen LogP contribution in [-0.4, -0.2) is 14.9 Å². The van der Waals surface area contributed by atoms with Crippen LogP contribution in [0.3, 0.4) is 0 Å². The normalized spacial score (nSPS) is 13.6. The number of aliphatic hydroxyl groups is 1. The van der Waals surface area contributed by atoms with Crippen LogP contribution in [-0.2, 0) is 13.2 Å². The van der Waals surface area contributed by atoms with Crippen molar-refractivity contribution in [3.63, 3.8) is 0 Å². The molecule has 0 aliphatic heterocycles. The number of aliphatic hydroxyl groups excluding tert-OH is 1. The van der Waals surface area contributed by atoms with Crippen LogP contribution in [0.15, 0.2) is 34.9 Å². The molecule has 2 aromatic rings. The molecule has 19 heavy (non-hydrogen) atoms. The molecule has 0 aliphatic carbocycles. The molecule has 1 unspecified atom stereocenters. The van der Waals surface area contributed by atoms with Crippen LogP contribution in [0.5, 0.6) is 0 Å². The molecular formula is C12H10BrF3N2O. The molecule has 7 heteroatoms. The first-order valence-electron chi connectivity index (χ1n) is 5.33. The average Bonchev–Trinajstić information content (AvgIpc) is 2.67. The molecule has 1 atom stereocenters. The van der Waals surface area contributed by atoms with E-state index in [0.29, 0.717) is 10.2 Å². The predicted octanol–water partition coefficient (Wildman–Crippen LogP) is 3.28. The van der Waals surface area contributed by atoms with Crippen LogP contribution in [0.4, 0.5) is 13.2 Å². The Morgan fingerprint density at radius 3 is 2.58 bits per heavy atom. The molecule has 1 N–H and O–H groups in total. The predicted molar refractivity (Wildman–Crippen MR) is 66.4 cm³/mol. The van der Waals surface area contributed by atoms with E-state index in [1.807, 2.05) is 0 Å². The summed E-state index contributed by atoms with van der Waals surface area (Å²) in [5.41, 5.74) is -0.221. The third kappa shape index (κ3) is 2.82. The Bertz CT molecular complexity index is 575. The number of hydrogen-bond donors (Lipinski definition) is 1. The Hall–Kier alpha value is -1.34. The first-order valence-corrected chi connectivity index (χ1v) is 6.12. The highest BCUT2D eigenvalue weighted by Crippen LogP contribution is 2.33. The quantitative estimate of drug-likeness (QED) is 0.915. The third-order valence-electron chi connectivity index (χ3n) is 2.73. The maximum absolute atomic E-state index is 12.6. The summed E-state index contributed by atoms with van der Waals surface area (Å²) < 4.78 is 39.8. The highest BCUT2D eigenvalue weighted by atomic mass is 79.9. The van der Waals surface area contributed by atoms with Crippen molar-refractivity contribution in [3.8, 4) is 0 Å². The summed E-state index contributed by atoms with van der Waals surface area (Å²) in [5.74, 6) is 0. The number of halogens is 4. The molecule has 3 nitrogen and oxygen atoms in total. The van der Waals surface area contributed by atoms with Gasteiger partial charge in [-0.15, -0.1) is 0 Å². The molecule has 0 fully saturated rings. The van der Waals surface area contributed by atoms with Gasteiger partial charge in [0.2, 0.25) is 0 Å². The topological polar surface area (TPSA) is 38.0 Å². The van der Waals surface area contributed by atoms with Gasteiger partial charge < -0.3 is 5.11 Å². The summed E-state index contributed by atoms with van der Waals surface area (Å²) in [6, 6.07) is 4.61. The number of hydrogen-bond acceptors (Lipinski definition) is 2. The van der Waals surface area contributed by atoms with Gasteiger partial charge in [0.15, 0.2) is 0 Å². The molecule has 0 saturated carbocycles. The van der Waals surface area contributed by atoms with Gasteiger partial charge in [0.25, 0.3) is 0 Å². The van der Waals surface area contributed by atoms with Crippen LogP contribution < -0.4 is 0 Å².